The van der Waals surface area contributed by atoms with Crippen molar-refractivity contribution in [3.05, 3.63) is 16.9 Å². The molecule has 0 spiro atoms. The first-order valence-corrected chi connectivity index (χ1v) is 6.63. The van der Waals surface area contributed by atoms with Gasteiger partial charge in [0, 0.05) is 6.42 Å². The molecule has 2 heteroatoms. The van der Waals surface area contributed by atoms with Crippen molar-refractivity contribution in [2.24, 2.45) is 0 Å². The Morgan fingerprint density at radius 1 is 1.35 bits per heavy atom. The molecule has 0 N–H and O–H groups in total. The molecule has 0 radical (unpaired) electrons. The van der Waals surface area contributed by atoms with E-state index in [1.54, 1.807) is 0 Å². The topological polar surface area (TPSA) is 26.3 Å². The van der Waals surface area contributed by atoms with Gasteiger partial charge in [0.05, 0.1) is 5.57 Å². The quantitative estimate of drug-likeness (QED) is 0.310. The molecule has 1 saturated heterocycles. The molecule has 0 amide bonds. The van der Waals surface area contributed by atoms with Gasteiger partial charge in [-0.1, -0.05) is 26.2 Å². The van der Waals surface area contributed by atoms with Crippen LogP contribution in [0, 0.1) is 0 Å². The second-order valence-electron chi connectivity index (χ2n) is 5.52. The highest BCUT2D eigenvalue weighted by molar-refractivity contribution is 5.91. The molecule has 1 rings (SSSR count). The first kappa shape index (κ1) is 14.1. The summed E-state index contributed by atoms with van der Waals surface area (Å²) in [7, 11) is 0. The molecule has 0 saturated carbocycles. The van der Waals surface area contributed by atoms with Gasteiger partial charge in [-0.2, -0.15) is 0 Å². The highest BCUT2D eigenvalue weighted by Crippen LogP contribution is 2.29. The van der Waals surface area contributed by atoms with Crippen LogP contribution in [0.15, 0.2) is 16.9 Å². The monoisotopic (exact) mass is 236 g/mol. The van der Waals surface area contributed by atoms with E-state index in [0.717, 1.165) is 6.42 Å². The van der Waals surface area contributed by atoms with Crippen LogP contribution in [0.1, 0.15) is 66.2 Å². The zero-order chi connectivity index (χ0) is 12.9. The van der Waals surface area contributed by atoms with Gasteiger partial charge in [0.1, 0.15) is 5.60 Å². The lowest BCUT2D eigenvalue weighted by atomic mass is 10.0. The first-order chi connectivity index (χ1) is 7.94. The molecule has 1 aliphatic heterocycles. The Morgan fingerprint density at radius 3 is 2.59 bits per heavy atom. The molecule has 0 aromatic carbocycles. The fourth-order valence-electron chi connectivity index (χ4n) is 2.08. The maximum Gasteiger partial charge on any atom is 0.342 e. The Bertz CT molecular complexity index is 344. The van der Waals surface area contributed by atoms with Gasteiger partial charge >= 0.3 is 5.97 Å². The fourth-order valence-corrected chi connectivity index (χ4v) is 2.08. The number of ether oxygens (including phenoxy) is 1. The van der Waals surface area contributed by atoms with E-state index < -0.39 is 0 Å². The lowest BCUT2D eigenvalue weighted by Gasteiger charge is -2.13. The Labute approximate surface area is 105 Å². The van der Waals surface area contributed by atoms with E-state index in [4.69, 9.17) is 4.74 Å². The van der Waals surface area contributed by atoms with Gasteiger partial charge in [-0.15, -0.1) is 5.73 Å². The average Bonchev–Trinajstić information content (AvgIpc) is 2.47. The van der Waals surface area contributed by atoms with E-state index >= 15 is 0 Å². The Balaban J connectivity index is 2.57. The Hall–Kier alpha value is -1.01. The van der Waals surface area contributed by atoms with Gasteiger partial charge in [0.2, 0.25) is 0 Å². The van der Waals surface area contributed by atoms with Crippen LogP contribution in [-0.2, 0) is 9.53 Å². The molecule has 2 nitrogen and oxygen atoms in total. The molecule has 1 fully saturated rings. The van der Waals surface area contributed by atoms with E-state index in [0.29, 0.717) is 12.0 Å². The number of hydrogen-bond acceptors (Lipinski definition) is 2. The SMILES string of the molecule is CCCCCCC(C)=C=C1CC(C)(C)OC1=O. The number of carbonyl (C=O) groups is 1. The number of cyclic esters (lactones) is 1. The fraction of sp³-hybridized carbons (Fsp3) is 0.733. The van der Waals surface area contributed by atoms with Crippen LogP contribution in [0.2, 0.25) is 0 Å². The van der Waals surface area contributed by atoms with Crippen molar-refractivity contribution in [3.63, 3.8) is 0 Å². The predicted octanol–water partition coefficient (Wildman–Crippen LogP) is 4.15. The number of hydrogen-bond donors (Lipinski definition) is 0. The van der Waals surface area contributed by atoms with Crippen LogP contribution >= 0.6 is 0 Å². The molecule has 17 heavy (non-hydrogen) atoms. The normalized spacial score (nSPS) is 17.9. The number of esters is 1. The lowest BCUT2D eigenvalue weighted by Crippen LogP contribution is -2.17. The minimum Gasteiger partial charge on any atom is -0.455 e. The molecule has 0 unspecified atom stereocenters. The summed E-state index contributed by atoms with van der Waals surface area (Å²) in [6.45, 7) is 8.14. The molecule has 0 atom stereocenters. The van der Waals surface area contributed by atoms with Crippen molar-refractivity contribution in [3.8, 4) is 0 Å². The van der Waals surface area contributed by atoms with Gasteiger partial charge in [-0.25, -0.2) is 4.79 Å². The molecule has 1 aliphatic rings. The van der Waals surface area contributed by atoms with E-state index in [9.17, 15) is 4.79 Å². The summed E-state index contributed by atoms with van der Waals surface area (Å²) in [6, 6.07) is 0. The molecule has 1 heterocycles. The van der Waals surface area contributed by atoms with Crippen LogP contribution in [0.4, 0.5) is 0 Å². The van der Waals surface area contributed by atoms with E-state index in [1.165, 1.54) is 31.3 Å². The van der Waals surface area contributed by atoms with Crippen LogP contribution < -0.4 is 0 Å². The molecule has 96 valence electrons. The second kappa shape index (κ2) is 6.07. The third-order valence-electron chi connectivity index (χ3n) is 2.99. The van der Waals surface area contributed by atoms with Crippen molar-refractivity contribution in [2.45, 2.75) is 71.8 Å². The zero-order valence-corrected chi connectivity index (χ0v) is 11.6. The van der Waals surface area contributed by atoms with Crippen molar-refractivity contribution in [2.75, 3.05) is 0 Å². The molecule has 0 aromatic heterocycles. The third kappa shape index (κ3) is 4.79. The average molecular weight is 236 g/mol. The maximum absolute atomic E-state index is 11.6. The van der Waals surface area contributed by atoms with Crippen molar-refractivity contribution in [1.82, 2.24) is 0 Å². The minimum atomic E-state index is -0.345. The maximum atomic E-state index is 11.6. The summed E-state index contributed by atoms with van der Waals surface area (Å²) in [5.74, 6) is -0.192. The van der Waals surface area contributed by atoms with Crippen molar-refractivity contribution >= 4 is 5.97 Å². The molecular formula is C15H24O2. The van der Waals surface area contributed by atoms with E-state index in [1.807, 2.05) is 13.8 Å². The van der Waals surface area contributed by atoms with Gasteiger partial charge in [-0.3, -0.25) is 0 Å². The van der Waals surface area contributed by atoms with E-state index in [-0.39, 0.29) is 11.6 Å². The summed E-state index contributed by atoms with van der Waals surface area (Å²) in [5.41, 5.74) is 4.76. The summed E-state index contributed by atoms with van der Waals surface area (Å²) in [5, 5.41) is 0. The molecule has 0 aromatic rings. The predicted molar refractivity (Wildman–Crippen MR) is 69.8 cm³/mol. The van der Waals surface area contributed by atoms with Gasteiger partial charge in [-0.05, 0) is 39.2 Å². The van der Waals surface area contributed by atoms with Crippen molar-refractivity contribution in [1.29, 1.82) is 0 Å². The smallest absolute Gasteiger partial charge is 0.342 e. The first-order valence-electron chi connectivity index (χ1n) is 6.63. The Morgan fingerprint density at radius 2 is 2.06 bits per heavy atom. The van der Waals surface area contributed by atoms with Crippen molar-refractivity contribution < 1.29 is 9.53 Å². The Kier molecular flexibility index (Phi) is 5.02. The molecular weight excluding hydrogens is 212 g/mol. The molecule has 0 aliphatic carbocycles. The van der Waals surface area contributed by atoms with Crippen LogP contribution in [0.5, 0.6) is 0 Å². The van der Waals surface area contributed by atoms with E-state index in [2.05, 4.69) is 19.6 Å². The van der Waals surface area contributed by atoms with Crippen LogP contribution in [0.3, 0.4) is 0 Å². The highest BCUT2D eigenvalue weighted by atomic mass is 16.6. The largest absolute Gasteiger partial charge is 0.455 e. The lowest BCUT2D eigenvalue weighted by molar-refractivity contribution is -0.143. The summed E-state index contributed by atoms with van der Waals surface area (Å²) < 4.78 is 5.25. The van der Waals surface area contributed by atoms with Crippen LogP contribution in [0.25, 0.3) is 0 Å². The van der Waals surface area contributed by atoms with Gasteiger partial charge in [0.15, 0.2) is 0 Å². The molecule has 0 bridgehead atoms. The highest BCUT2D eigenvalue weighted by Gasteiger charge is 2.35. The second-order valence-corrected chi connectivity index (χ2v) is 5.52. The summed E-state index contributed by atoms with van der Waals surface area (Å²) >= 11 is 0. The summed E-state index contributed by atoms with van der Waals surface area (Å²) in [6.07, 6.45) is 6.72. The minimum absolute atomic E-state index is 0.192. The standard InChI is InChI=1S/C15H24O2/c1-5-6-7-8-9-12(2)10-13-11-15(3,4)17-14(13)16/h5-9,11H2,1-4H3. The number of carbonyl (C=O) groups excluding carboxylic acids is 1. The number of rotatable bonds is 5. The van der Waals surface area contributed by atoms with Gasteiger partial charge < -0.3 is 4.74 Å². The third-order valence-corrected chi connectivity index (χ3v) is 2.99. The number of unbranched alkanes of at least 4 members (excludes halogenated alkanes) is 3. The summed E-state index contributed by atoms with van der Waals surface area (Å²) in [4.78, 5) is 11.6. The zero-order valence-electron chi connectivity index (χ0n) is 11.6. The van der Waals surface area contributed by atoms with Gasteiger partial charge in [0.25, 0.3) is 0 Å². The van der Waals surface area contributed by atoms with Crippen LogP contribution in [-0.4, -0.2) is 11.6 Å².